The van der Waals surface area contributed by atoms with Crippen LogP contribution in [0, 0.1) is 12.5 Å². The fraction of sp³-hybridized carbons (Fsp3) is 0.655. The Hall–Kier alpha value is -3.27. The van der Waals surface area contributed by atoms with Gasteiger partial charge >= 0.3 is 0 Å². The highest BCUT2D eigenvalue weighted by atomic mass is 32.1. The van der Waals surface area contributed by atoms with E-state index in [1.165, 1.54) is 83.5 Å². The molecule has 0 aliphatic carbocycles. The summed E-state index contributed by atoms with van der Waals surface area (Å²) in [7, 11) is 8.76. The molecule has 71 heavy (non-hydrogen) atoms. The van der Waals surface area contributed by atoms with E-state index in [9.17, 15) is 0 Å². The number of benzene rings is 3. The minimum atomic E-state index is -1.58. The van der Waals surface area contributed by atoms with Crippen LogP contribution in [-0.2, 0) is 24.1 Å². The minimum absolute atomic E-state index is 0.104. The molecular formula is C58H90BN4O6PS. The van der Waals surface area contributed by atoms with Gasteiger partial charge in [0.2, 0.25) is 6.54 Å². The zero-order chi connectivity index (χ0) is 51.1. The lowest BCUT2D eigenvalue weighted by atomic mass is 9.79. The average Bonchev–Trinajstić information content (AvgIpc) is 3.67. The largest absolute Gasteiger partial charge is 0.497 e. The third kappa shape index (κ3) is 20.5. The summed E-state index contributed by atoms with van der Waals surface area (Å²) in [6.07, 6.45) is 22.9. The Kier molecular flexibility index (Phi) is 29.7. The normalized spacial score (nSPS) is 17.4. The second-order valence-electron chi connectivity index (χ2n) is 19.7. The van der Waals surface area contributed by atoms with Gasteiger partial charge in [0.25, 0.3) is 8.53 Å². The van der Waals surface area contributed by atoms with Crippen molar-refractivity contribution >= 4 is 33.7 Å². The number of rotatable bonds is 38. The number of methoxy groups -OCH3 is 2. The molecule has 1 aliphatic rings. The molecule has 392 valence electrons. The van der Waals surface area contributed by atoms with E-state index < -0.39 is 32.3 Å². The molecule has 2 radical (unpaired) electrons. The molecule has 1 fully saturated rings. The number of nitrogens with zero attached hydrogens (tertiary/aromatic N) is 2. The van der Waals surface area contributed by atoms with E-state index in [4.69, 9.17) is 54.6 Å². The lowest BCUT2D eigenvalue weighted by molar-refractivity contribution is -0.0717. The van der Waals surface area contributed by atoms with E-state index in [2.05, 4.69) is 91.2 Å². The zero-order valence-electron chi connectivity index (χ0n) is 44.7. The van der Waals surface area contributed by atoms with Gasteiger partial charge in [0.05, 0.1) is 26.9 Å². The predicted octanol–water partition coefficient (Wildman–Crippen LogP) is 14.1. The van der Waals surface area contributed by atoms with Crippen molar-refractivity contribution in [1.82, 2.24) is 15.3 Å². The number of hydrogen-bond acceptors (Lipinski definition) is 8. The molecular weight excluding hydrogens is 923 g/mol. The first kappa shape index (κ1) is 60.3. The zero-order valence-corrected chi connectivity index (χ0v) is 46.4. The van der Waals surface area contributed by atoms with Crippen molar-refractivity contribution in [3.63, 3.8) is 0 Å². The summed E-state index contributed by atoms with van der Waals surface area (Å²) < 4.78 is 41.3. The highest BCUT2D eigenvalue weighted by Gasteiger charge is 2.47. The molecule has 3 aromatic carbocycles. The van der Waals surface area contributed by atoms with Crippen LogP contribution in [0.5, 0.6) is 11.5 Å². The van der Waals surface area contributed by atoms with Crippen molar-refractivity contribution in [2.24, 2.45) is 5.92 Å². The van der Waals surface area contributed by atoms with E-state index >= 15 is 0 Å². The predicted molar refractivity (Wildman–Crippen MR) is 299 cm³/mol. The smallest absolute Gasteiger partial charge is 0.259 e. The van der Waals surface area contributed by atoms with E-state index in [0.29, 0.717) is 0 Å². The summed E-state index contributed by atoms with van der Waals surface area (Å²) in [5.41, 5.74) is 1.77. The standard InChI is InChI=1S/C58H90BN4O6PS/c1-9-10-11-12-13-14-15-16-17-18-19-22-28-41-61-57(71)62-42-29-23-20-21-27-32-53-55(69-70(67-44-43-60-6)63(46(2)3)47(4)5)54(68-56(53)59)45-66-58(48-30-25-24-26-31-48,49-33-37-51(64-7)38-34-49)50-35-39-52(65-8)40-36-50/h24-26,30-31,33-40,46-47,53-56H,9-23,27-29,32,41-45H2,1-5,7-8H3,(H2,61,62,71)/t53?,54-,55-,56-,70?/m1/s1. The van der Waals surface area contributed by atoms with Gasteiger partial charge in [-0.1, -0.05) is 164 Å². The Morgan fingerprint density at radius 2 is 1.17 bits per heavy atom. The van der Waals surface area contributed by atoms with Gasteiger partial charge in [-0.05, 0) is 100 Å². The average molecular weight is 1010 g/mol. The molecule has 1 aliphatic heterocycles. The lowest BCUT2D eigenvalue weighted by Gasteiger charge is -2.39. The highest BCUT2D eigenvalue weighted by Crippen LogP contribution is 2.51. The second-order valence-corrected chi connectivity index (χ2v) is 21.5. The number of hydrogen-bond donors (Lipinski definition) is 2. The Labute approximate surface area is 439 Å². The minimum Gasteiger partial charge on any atom is -0.497 e. The maximum atomic E-state index is 7.47. The van der Waals surface area contributed by atoms with Gasteiger partial charge in [-0.3, -0.25) is 0 Å². The van der Waals surface area contributed by atoms with Gasteiger partial charge in [0.1, 0.15) is 37.7 Å². The first-order valence-electron chi connectivity index (χ1n) is 27.2. The van der Waals surface area contributed by atoms with Crippen LogP contribution >= 0.6 is 20.7 Å². The molecule has 0 bridgehead atoms. The first-order chi connectivity index (χ1) is 34.6. The lowest BCUT2D eigenvalue weighted by Crippen LogP contribution is -2.41. The van der Waals surface area contributed by atoms with Crippen molar-refractivity contribution in [2.45, 2.75) is 193 Å². The highest BCUT2D eigenvalue weighted by molar-refractivity contribution is 7.80. The van der Waals surface area contributed by atoms with Gasteiger partial charge in [-0.2, -0.15) is 0 Å². The maximum Gasteiger partial charge on any atom is 0.259 e. The van der Waals surface area contributed by atoms with E-state index in [0.717, 1.165) is 84.9 Å². The van der Waals surface area contributed by atoms with Crippen molar-refractivity contribution in [2.75, 3.05) is 47.1 Å². The summed E-state index contributed by atoms with van der Waals surface area (Å²) in [5.74, 6) is 1.40. The molecule has 2 unspecified atom stereocenters. The summed E-state index contributed by atoms with van der Waals surface area (Å²) in [5, 5.41) is 7.61. The van der Waals surface area contributed by atoms with Gasteiger partial charge in [0.15, 0.2) is 5.11 Å². The quantitative estimate of drug-likeness (QED) is 0.0145. The van der Waals surface area contributed by atoms with E-state index in [-0.39, 0.29) is 37.8 Å². The van der Waals surface area contributed by atoms with Crippen molar-refractivity contribution < 1.29 is 28.0 Å². The van der Waals surface area contributed by atoms with Gasteiger partial charge in [0, 0.05) is 37.1 Å². The summed E-state index contributed by atoms with van der Waals surface area (Å²) >= 11 is 5.60. The third-order valence-corrected chi connectivity index (χ3v) is 16.0. The molecule has 0 spiro atoms. The summed E-state index contributed by atoms with van der Waals surface area (Å²) in [6, 6.07) is 26.1. The van der Waals surface area contributed by atoms with Gasteiger partial charge in [-0.15, -0.1) is 0 Å². The molecule has 13 heteroatoms. The molecule has 0 saturated carbocycles. The molecule has 0 aromatic heterocycles. The number of thiocarbonyl (C=S) groups is 1. The first-order valence-corrected chi connectivity index (χ1v) is 28.8. The SMILES string of the molecule is [B][C@@H]1O[C@H](COC(c2ccccc2)(c2ccc(OC)cc2)c2ccc(OC)cc2)[C@H](OP(OCC[N+]#[C-])N(C(C)C)C(C)C)C1CCCCCCCNC(=S)NCCCCCCCCCCCCCCC. The Bertz CT molecular complexity index is 1840. The molecule has 5 atom stereocenters. The van der Waals surface area contributed by atoms with Crippen LogP contribution in [0.15, 0.2) is 78.9 Å². The van der Waals surface area contributed by atoms with Gasteiger partial charge in [-0.25, -0.2) is 11.2 Å². The van der Waals surface area contributed by atoms with Crippen LogP contribution in [0.25, 0.3) is 4.85 Å². The maximum absolute atomic E-state index is 7.47. The van der Waals surface area contributed by atoms with Crippen LogP contribution in [0.2, 0.25) is 0 Å². The Morgan fingerprint density at radius 3 is 1.63 bits per heavy atom. The Balaban J connectivity index is 1.37. The van der Waals surface area contributed by atoms with Crippen molar-refractivity contribution in [3.8, 4) is 11.5 Å². The molecule has 2 N–H and O–H groups in total. The van der Waals surface area contributed by atoms with Crippen LogP contribution in [0.3, 0.4) is 0 Å². The fourth-order valence-corrected chi connectivity index (χ4v) is 11.8. The van der Waals surface area contributed by atoms with Gasteiger partial charge < -0.3 is 43.5 Å². The molecule has 4 rings (SSSR count). The summed E-state index contributed by atoms with van der Waals surface area (Å²) in [4.78, 5) is 3.58. The van der Waals surface area contributed by atoms with Crippen molar-refractivity contribution in [1.29, 1.82) is 0 Å². The van der Waals surface area contributed by atoms with E-state index in [1.54, 1.807) is 14.2 Å². The monoisotopic (exact) mass is 1010 g/mol. The third-order valence-electron chi connectivity index (χ3n) is 13.6. The fourth-order valence-electron chi connectivity index (χ4n) is 9.77. The Morgan fingerprint density at radius 1 is 0.704 bits per heavy atom. The van der Waals surface area contributed by atoms with Crippen LogP contribution in [0.4, 0.5) is 0 Å². The molecule has 0 amide bonds. The van der Waals surface area contributed by atoms with Crippen LogP contribution < -0.4 is 20.1 Å². The van der Waals surface area contributed by atoms with Crippen molar-refractivity contribution in [3.05, 3.63) is 107 Å². The number of ether oxygens (including phenoxy) is 4. The van der Waals surface area contributed by atoms with Crippen LogP contribution in [-0.4, -0.2) is 95.0 Å². The summed E-state index contributed by atoms with van der Waals surface area (Å²) in [6.45, 7) is 20.9. The molecule has 10 nitrogen and oxygen atoms in total. The molecule has 1 saturated heterocycles. The van der Waals surface area contributed by atoms with E-state index in [1.807, 2.05) is 42.5 Å². The number of nitrogens with one attached hydrogen (secondary N) is 2. The molecule has 1 heterocycles. The second kappa shape index (κ2) is 35.0. The topological polar surface area (TPSA) is 87.0 Å². The molecule has 3 aromatic rings. The van der Waals surface area contributed by atoms with Crippen LogP contribution in [0.1, 0.15) is 173 Å². The number of unbranched alkanes of at least 4 members (excludes halogenated alkanes) is 16.